The Bertz CT molecular complexity index is 779. The molecule has 0 radical (unpaired) electrons. The van der Waals surface area contributed by atoms with Crippen LogP contribution in [-0.2, 0) is 6.54 Å². The molecule has 0 spiro atoms. The molecule has 0 fully saturated rings. The second-order valence-electron chi connectivity index (χ2n) is 5.02. The maximum absolute atomic E-state index is 12.2. The molecule has 1 amide bonds. The standard InChI is InChI=1S/C18H16N2O2/c1-13-5-2-3-6-15(13)18(21)20-12-14-8-9-19-16(11-14)17-7-4-10-22-17/h2-11H,12H2,1H3,(H,20,21). The van der Waals surface area contributed by atoms with Crippen molar-refractivity contribution in [2.75, 3.05) is 0 Å². The Labute approximate surface area is 128 Å². The Morgan fingerprint density at radius 2 is 2.05 bits per heavy atom. The molecule has 4 nitrogen and oxygen atoms in total. The van der Waals surface area contributed by atoms with Crippen molar-refractivity contribution < 1.29 is 9.21 Å². The highest BCUT2D eigenvalue weighted by molar-refractivity contribution is 5.95. The molecular formula is C18H16N2O2. The molecule has 0 aliphatic heterocycles. The number of benzene rings is 1. The average molecular weight is 292 g/mol. The van der Waals surface area contributed by atoms with Gasteiger partial charge in [-0.25, -0.2) is 0 Å². The molecule has 0 bridgehead atoms. The summed E-state index contributed by atoms with van der Waals surface area (Å²) in [5.74, 6) is 0.640. The molecule has 1 aromatic carbocycles. The largest absolute Gasteiger partial charge is 0.463 e. The second-order valence-corrected chi connectivity index (χ2v) is 5.02. The fourth-order valence-corrected chi connectivity index (χ4v) is 2.25. The summed E-state index contributed by atoms with van der Waals surface area (Å²) >= 11 is 0. The van der Waals surface area contributed by atoms with Crippen LogP contribution in [0.3, 0.4) is 0 Å². The first-order valence-corrected chi connectivity index (χ1v) is 7.06. The van der Waals surface area contributed by atoms with Gasteiger partial charge in [0.25, 0.3) is 5.91 Å². The highest BCUT2D eigenvalue weighted by Crippen LogP contribution is 2.18. The average Bonchev–Trinajstić information content (AvgIpc) is 3.08. The quantitative estimate of drug-likeness (QED) is 0.799. The van der Waals surface area contributed by atoms with E-state index in [-0.39, 0.29) is 5.91 Å². The zero-order valence-corrected chi connectivity index (χ0v) is 12.2. The molecule has 0 aliphatic rings. The maximum Gasteiger partial charge on any atom is 0.251 e. The Kier molecular flexibility index (Phi) is 4.01. The van der Waals surface area contributed by atoms with E-state index >= 15 is 0 Å². The third kappa shape index (κ3) is 3.06. The summed E-state index contributed by atoms with van der Waals surface area (Å²) in [5, 5.41) is 2.93. The molecule has 110 valence electrons. The van der Waals surface area contributed by atoms with E-state index in [0.29, 0.717) is 17.9 Å². The summed E-state index contributed by atoms with van der Waals surface area (Å²) in [4.78, 5) is 16.5. The number of pyridine rings is 1. The summed E-state index contributed by atoms with van der Waals surface area (Å²) in [7, 11) is 0. The minimum atomic E-state index is -0.0746. The molecular weight excluding hydrogens is 276 g/mol. The number of rotatable bonds is 4. The van der Waals surface area contributed by atoms with Crippen LogP contribution in [0.25, 0.3) is 11.5 Å². The monoisotopic (exact) mass is 292 g/mol. The van der Waals surface area contributed by atoms with E-state index < -0.39 is 0 Å². The molecule has 0 saturated carbocycles. The van der Waals surface area contributed by atoms with Gasteiger partial charge < -0.3 is 9.73 Å². The highest BCUT2D eigenvalue weighted by Gasteiger charge is 2.08. The highest BCUT2D eigenvalue weighted by atomic mass is 16.3. The van der Waals surface area contributed by atoms with Gasteiger partial charge in [0, 0.05) is 18.3 Å². The molecule has 2 aromatic heterocycles. The summed E-state index contributed by atoms with van der Waals surface area (Å²) in [5.41, 5.74) is 3.39. The van der Waals surface area contributed by atoms with Crippen molar-refractivity contribution in [2.24, 2.45) is 0 Å². The SMILES string of the molecule is Cc1ccccc1C(=O)NCc1ccnc(-c2ccco2)c1. The van der Waals surface area contributed by atoms with Gasteiger partial charge in [-0.2, -0.15) is 0 Å². The Hall–Kier alpha value is -2.88. The lowest BCUT2D eigenvalue weighted by Gasteiger charge is -2.08. The van der Waals surface area contributed by atoms with Crippen LogP contribution in [0.5, 0.6) is 0 Å². The van der Waals surface area contributed by atoms with Crippen molar-refractivity contribution in [2.45, 2.75) is 13.5 Å². The summed E-state index contributed by atoms with van der Waals surface area (Å²) in [6, 6.07) is 15.0. The van der Waals surface area contributed by atoms with Crippen molar-refractivity contribution in [3.63, 3.8) is 0 Å². The Morgan fingerprint density at radius 1 is 1.18 bits per heavy atom. The summed E-state index contributed by atoms with van der Waals surface area (Å²) in [6.45, 7) is 2.37. The minimum Gasteiger partial charge on any atom is -0.463 e. The van der Waals surface area contributed by atoms with Gasteiger partial charge in [-0.05, 0) is 48.4 Å². The van der Waals surface area contributed by atoms with Gasteiger partial charge in [0.2, 0.25) is 0 Å². The Balaban J connectivity index is 1.71. The van der Waals surface area contributed by atoms with Crippen molar-refractivity contribution in [1.29, 1.82) is 0 Å². The normalized spacial score (nSPS) is 10.4. The number of nitrogens with zero attached hydrogens (tertiary/aromatic N) is 1. The number of aryl methyl sites for hydroxylation is 1. The van der Waals surface area contributed by atoms with Crippen LogP contribution in [0.15, 0.2) is 65.4 Å². The van der Waals surface area contributed by atoms with E-state index in [2.05, 4.69) is 10.3 Å². The molecule has 22 heavy (non-hydrogen) atoms. The smallest absolute Gasteiger partial charge is 0.251 e. The van der Waals surface area contributed by atoms with Crippen molar-refractivity contribution in [1.82, 2.24) is 10.3 Å². The fraction of sp³-hybridized carbons (Fsp3) is 0.111. The molecule has 1 N–H and O–H groups in total. The molecule has 0 atom stereocenters. The summed E-state index contributed by atoms with van der Waals surface area (Å²) < 4.78 is 5.34. The van der Waals surface area contributed by atoms with Gasteiger partial charge in [-0.1, -0.05) is 18.2 Å². The van der Waals surface area contributed by atoms with Crippen LogP contribution in [0.4, 0.5) is 0 Å². The van der Waals surface area contributed by atoms with E-state index in [0.717, 1.165) is 16.8 Å². The molecule has 0 aliphatic carbocycles. The van der Waals surface area contributed by atoms with E-state index in [1.807, 2.05) is 55.5 Å². The molecule has 0 unspecified atom stereocenters. The topological polar surface area (TPSA) is 55.1 Å². The predicted octanol–water partition coefficient (Wildman–Crippen LogP) is 3.58. The Morgan fingerprint density at radius 3 is 2.82 bits per heavy atom. The third-order valence-corrected chi connectivity index (χ3v) is 3.44. The number of carbonyl (C=O) groups is 1. The van der Waals surface area contributed by atoms with Gasteiger partial charge in [0.05, 0.1) is 6.26 Å². The number of furan rings is 1. The van der Waals surface area contributed by atoms with Crippen LogP contribution >= 0.6 is 0 Å². The number of amides is 1. The number of hydrogen-bond acceptors (Lipinski definition) is 3. The van der Waals surface area contributed by atoms with Crippen LogP contribution in [0.1, 0.15) is 21.5 Å². The zero-order valence-electron chi connectivity index (χ0n) is 12.2. The molecule has 0 saturated heterocycles. The van der Waals surface area contributed by atoms with Crippen LogP contribution in [0, 0.1) is 6.92 Å². The van der Waals surface area contributed by atoms with Crippen molar-refractivity contribution >= 4 is 5.91 Å². The zero-order chi connectivity index (χ0) is 15.4. The number of carbonyl (C=O) groups excluding carboxylic acids is 1. The molecule has 4 heteroatoms. The van der Waals surface area contributed by atoms with Crippen LogP contribution in [0.2, 0.25) is 0 Å². The van der Waals surface area contributed by atoms with Gasteiger partial charge >= 0.3 is 0 Å². The van der Waals surface area contributed by atoms with Crippen LogP contribution < -0.4 is 5.32 Å². The third-order valence-electron chi connectivity index (χ3n) is 3.44. The van der Waals surface area contributed by atoms with Gasteiger partial charge in [-0.15, -0.1) is 0 Å². The first-order valence-electron chi connectivity index (χ1n) is 7.06. The van der Waals surface area contributed by atoms with Gasteiger partial charge in [0.1, 0.15) is 5.69 Å². The number of aromatic nitrogens is 1. The number of nitrogens with one attached hydrogen (secondary N) is 1. The van der Waals surface area contributed by atoms with Crippen molar-refractivity contribution in [3.05, 3.63) is 77.7 Å². The fourth-order valence-electron chi connectivity index (χ4n) is 2.25. The van der Waals surface area contributed by atoms with Crippen LogP contribution in [-0.4, -0.2) is 10.9 Å². The first-order chi connectivity index (χ1) is 10.7. The van der Waals surface area contributed by atoms with Crippen molar-refractivity contribution in [3.8, 4) is 11.5 Å². The molecule has 2 heterocycles. The molecule has 3 rings (SSSR count). The second kappa shape index (κ2) is 6.26. The lowest BCUT2D eigenvalue weighted by Crippen LogP contribution is -2.23. The van der Waals surface area contributed by atoms with Gasteiger partial charge in [0.15, 0.2) is 5.76 Å². The molecule has 3 aromatic rings. The lowest BCUT2D eigenvalue weighted by molar-refractivity contribution is 0.0950. The predicted molar refractivity (Wildman–Crippen MR) is 84.3 cm³/mol. The first kappa shape index (κ1) is 14.1. The van der Waals surface area contributed by atoms with E-state index in [1.165, 1.54) is 0 Å². The summed E-state index contributed by atoms with van der Waals surface area (Å²) in [6.07, 6.45) is 3.33. The van der Waals surface area contributed by atoms with E-state index in [4.69, 9.17) is 4.42 Å². The van der Waals surface area contributed by atoms with Gasteiger partial charge in [-0.3, -0.25) is 9.78 Å². The minimum absolute atomic E-state index is 0.0746. The van der Waals surface area contributed by atoms with E-state index in [1.54, 1.807) is 12.5 Å². The van der Waals surface area contributed by atoms with E-state index in [9.17, 15) is 4.79 Å². The lowest BCUT2D eigenvalue weighted by atomic mass is 10.1. The maximum atomic E-state index is 12.2. The number of hydrogen-bond donors (Lipinski definition) is 1.